The molecule has 1 amide bonds. The van der Waals surface area contributed by atoms with Gasteiger partial charge in [-0.3, -0.25) is 14.9 Å². The van der Waals surface area contributed by atoms with E-state index in [4.69, 9.17) is 0 Å². The molecule has 0 radical (unpaired) electrons. The highest BCUT2D eigenvalue weighted by molar-refractivity contribution is 6.07. The Morgan fingerprint density at radius 1 is 1.11 bits per heavy atom. The van der Waals surface area contributed by atoms with E-state index in [0.29, 0.717) is 5.69 Å². The van der Waals surface area contributed by atoms with Crippen molar-refractivity contribution in [3.63, 3.8) is 0 Å². The maximum Gasteiger partial charge on any atom is 0.387 e. The normalized spacial score (nSPS) is 11.1. The first-order valence-electron chi connectivity index (χ1n) is 8.14. The molecule has 0 spiro atoms. The summed E-state index contributed by atoms with van der Waals surface area (Å²) >= 11 is 0. The highest BCUT2D eigenvalue weighted by atomic mass is 19.3. The van der Waals surface area contributed by atoms with Gasteiger partial charge in [-0.2, -0.15) is 8.78 Å². The molecular weight excluding hydrogens is 370 g/mol. The first kappa shape index (κ1) is 19.0. The van der Waals surface area contributed by atoms with Crippen LogP contribution in [-0.4, -0.2) is 17.4 Å². The predicted molar refractivity (Wildman–Crippen MR) is 101 cm³/mol. The summed E-state index contributed by atoms with van der Waals surface area (Å²) in [6.45, 7) is -3.10. The lowest BCUT2D eigenvalue weighted by molar-refractivity contribution is -0.384. The quantitative estimate of drug-likeness (QED) is 0.368. The van der Waals surface area contributed by atoms with Crippen LogP contribution in [0.4, 0.5) is 20.2 Å². The smallest absolute Gasteiger partial charge is 0.387 e. The van der Waals surface area contributed by atoms with Crippen molar-refractivity contribution < 1.29 is 23.2 Å². The highest BCUT2D eigenvalue weighted by Gasteiger charge is 2.13. The Labute approximate surface area is 158 Å². The lowest BCUT2D eigenvalue weighted by Gasteiger charge is -2.08. The van der Waals surface area contributed by atoms with Crippen molar-refractivity contribution in [3.05, 3.63) is 82.4 Å². The van der Waals surface area contributed by atoms with E-state index in [1.165, 1.54) is 6.08 Å². The Morgan fingerprint density at radius 3 is 2.61 bits per heavy atom. The maximum atomic E-state index is 12.5. The van der Waals surface area contributed by atoms with Crippen LogP contribution >= 0.6 is 0 Å². The minimum absolute atomic E-state index is 0.0115. The number of nitro groups is 1. The number of ether oxygens (including phenoxy) is 1. The molecule has 0 atom stereocenters. The number of hydrogen-bond donors (Lipinski definition) is 1. The van der Waals surface area contributed by atoms with Gasteiger partial charge in [-0.1, -0.05) is 36.4 Å². The molecule has 0 fully saturated rings. The Hall–Kier alpha value is -3.81. The van der Waals surface area contributed by atoms with Crippen LogP contribution < -0.4 is 10.1 Å². The van der Waals surface area contributed by atoms with Crippen molar-refractivity contribution in [2.45, 2.75) is 6.61 Å². The number of carbonyl (C=O) groups is 1. The van der Waals surface area contributed by atoms with E-state index in [1.807, 2.05) is 30.3 Å². The molecule has 3 rings (SSSR count). The van der Waals surface area contributed by atoms with Gasteiger partial charge < -0.3 is 10.1 Å². The molecule has 6 nitrogen and oxygen atoms in total. The van der Waals surface area contributed by atoms with Crippen LogP contribution in [0.2, 0.25) is 0 Å². The van der Waals surface area contributed by atoms with Gasteiger partial charge in [0.1, 0.15) is 5.75 Å². The minimum Gasteiger partial charge on any atom is -0.434 e. The third-order valence-corrected chi connectivity index (χ3v) is 3.88. The number of non-ortho nitro benzene ring substituents is 1. The summed E-state index contributed by atoms with van der Waals surface area (Å²) in [5.41, 5.74) is 0.258. The summed E-state index contributed by atoms with van der Waals surface area (Å²) in [4.78, 5) is 22.5. The number of anilines is 1. The van der Waals surface area contributed by atoms with Crippen LogP contribution in [-0.2, 0) is 4.79 Å². The molecule has 0 aliphatic heterocycles. The standard InChI is InChI=1S/C20H14F2N2O4/c21-20(22)28-18-10-9-15(24(26)27)12-14(18)8-11-19(25)23-17-7-3-5-13-4-1-2-6-16(13)17/h1-12,20H,(H,23,25). The summed E-state index contributed by atoms with van der Waals surface area (Å²) in [7, 11) is 0. The predicted octanol–water partition coefficient (Wildman–Crippen LogP) is 5.00. The molecule has 3 aromatic rings. The molecule has 3 aromatic carbocycles. The lowest BCUT2D eigenvalue weighted by atomic mass is 10.1. The number of benzene rings is 3. The van der Waals surface area contributed by atoms with E-state index in [-0.39, 0.29) is 17.0 Å². The van der Waals surface area contributed by atoms with Gasteiger partial charge in [0.05, 0.1) is 4.92 Å². The first-order valence-corrected chi connectivity index (χ1v) is 8.14. The third kappa shape index (κ3) is 4.47. The van der Waals surface area contributed by atoms with Crippen LogP contribution in [0, 0.1) is 10.1 Å². The minimum atomic E-state index is -3.10. The maximum absolute atomic E-state index is 12.5. The average Bonchev–Trinajstić information content (AvgIpc) is 2.67. The molecule has 0 aliphatic rings. The van der Waals surface area contributed by atoms with Gasteiger partial charge in [-0.25, -0.2) is 0 Å². The first-order chi connectivity index (χ1) is 13.4. The SMILES string of the molecule is O=C(C=Cc1cc([N+](=O)[O-])ccc1OC(F)F)Nc1cccc2ccccc12. The van der Waals surface area contributed by atoms with Crippen LogP contribution in [0.1, 0.15) is 5.56 Å². The Balaban J connectivity index is 1.85. The second kappa shape index (κ2) is 8.26. The molecule has 0 bridgehead atoms. The van der Waals surface area contributed by atoms with Crippen molar-refractivity contribution in [1.29, 1.82) is 0 Å². The summed E-state index contributed by atoms with van der Waals surface area (Å²) in [6, 6.07) is 16.0. The van der Waals surface area contributed by atoms with Gasteiger partial charge in [0.2, 0.25) is 5.91 Å². The molecular formula is C20H14F2N2O4. The second-order valence-corrected chi connectivity index (χ2v) is 5.71. The van der Waals surface area contributed by atoms with E-state index < -0.39 is 17.4 Å². The molecule has 0 saturated heterocycles. The van der Waals surface area contributed by atoms with Crippen molar-refractivity contribution in [1.82, 2.24) is 0 Å². The van der Waals surface area contributed by atoms with Crippen LogP contribution in [0.5, 0.6) is 5.75 Å². The summed E-state index contributed by atoms with van der Waals surface area (Å²) in [6.07, 6.45) is 2.28. The van der Waals surface area contributed by atoms with Gasteiger partial charge in [0, 0.05) is 34.8 Å². The molecule has 0 aliphatic carbocycles. The van der Waals surface area contributed by atoms with Gasteiger partial charge in [0.15, 0.2) is 0 Å². The number of halogens is 2. The highest BCUT2D eigenvalue weighted by Crippen LogP contribution is 2.27. The van der Waals surface area contributed by atoms with Crippen molar-refractivity contribution in [3.8, 4) is 5.75 Å². The third-order valence-electron chi connectivity index (χ3n) is 3.88. The number of nitro benzene ring substituents is 1. The molecule has 0 unspecified atom stereocenters. The number of alkyl halides is 2. The topological polar surface area (TPSA) is 81.5 Å². The Morgan fingerprint density at radius 2 is 1.86 bits per heavy atom. The molecule has 28 heavy (non-hydrogen) atoms. The zero-order valence-electron chi connectivity index (χ0n) is 14.3. The van der Waals surface area contributed by atoms with Gasteiger partial charge in [0.25, 0.3) is 5.69 Å². The number of carbonyl (C=O) groups excluding carboxylic acids is 1. The fraction of sp³-hybridized carbons (Fsp3) is 0.0500. The van der Waals surface area contributed by atoms with E-state index in [1.54, 1.807) is 12.1 Å². The molecule has 0 heterocycles. The summed E-state index contributed by atoms with van der Waals surface area (Å²) < 4.78 is 29.4. The Bertz CT molecular complexity index is 1060. The van der Waals surface area contributed by atoms with E-state index in [9.17, 15) is 23.7 Å². The van der Waals surface area contributed by atoms with Gasteiger partial charge >= 0.3 is 6.61 Å². The van der Waals surface area contributed by atoms with Crippen LogP contribution in [0.25, 0.3) is 16.8 Å². The van der Waals surface area contributed by atoms with Gasteiger partial charge in [-0.05, 0) is 23.6 Å². The fourth-order valence-corrected chi connectivity index (χ4v) is 2.66. The molecule has 8 heteroatoms. The van der Waals surface area contributed by atoms with Crippen LogP contribution in [0.3, 0.4) is 0 Å². The number of rotatable bonds is 6. The zero-order chi connectivity index (χ0) is 20.1. The van der Waals surface area contributed by atoms with Crippen molar-refractivity contribution in [2.24, 2.45) is 0 Å². The number of fused-ring (bicyclic) bond motifs is 1. The average molecular weight is 384 g/mol. The number of amides is 1. The molecule has 1 N–H and O–H groups in total. The summed E-state index contributed by atoms with van der Waals surface area (Å²) in [5.74, 6) is -0.791. The molecule has 0 aromatic heterocycles. The van der Waals surface area contributed by atoms with Crippen molar-refractivity contribution >= 4 is 34.1 Å². The number of hydrogen-bond acceptors (Lipinski definition) is 4. The number of nitrogens with one attached hydrogen (secondary N) is 1. The second-order valence-electron chi connectivity index (χ2n) is 5.71. The zero-order valence-corrected chi connectivity index (χ0v) is 14.3. The fourth-order valence-electron chi connectivity index (χ4n) is 2.66. The summed E-state index contributed by atoms with van der Waals surface area (Å²) in [5, 5.41) is 15.4. The monoisotopic (exact) mass is 384 g/mol. The molecule has 0 saturated carbocycles. The Kier molecular flexibility index (Phi) is 5.59. The van der Waals surface area contributed by atoms with E-state index in [0.717, 1.165) is 35.0 Å². The van der Waals surface area contributed by atoms with Crippen molar-refractivity contribution in [2.75, 3.05) is 5.32 Å². The van der Waals surface area contributed by atoms with E-state index in [2.05, 4.69) is 10.1 Å². The molecule has 142 valence electrons. The number of nitrogens with zero attached hydrogens (tertiary/aromatic N) is 1. The largest absolute Gasteiger partial charge is 0.434 e. The lowest BCUT2D eigenvalue weighted by Crippen LogP contribution is -2.08. The van der Waals surface area contributed by atoms with Crippen LogP contribution in [0.15, 0.2) is 66.7 Å². The van der Waals surface area contributed by atoms with Gasteiger partial charge in [-0.15, -0.1) is 0 Å². The van der Waals surface area contributed by atoms with E-state index >= 15 is 0 Å².